The van der Waals surface area contributed by atoms with Gasteiger partial charge in [-0.15, -0.1) is 0 Å². The van der Waals surface area contributed by atoms with Gasteiger partial charge in [0.05, 0.1) is 16.6 Å². The number of nitrogens with zero attached hydrogens (tertiary/aromatic N) is 2. The van der Waals surface area contributed by atoms with Gasteiger partial charge in [-0.05, 0) is 36.6 Å². The molecule has 1 aliphatic carbocycles. The van der Waals surface area contributed by atoms with Crippen molar-refractivity contribution in [3.05, 3.63) is 71.3 Å². The minimum Gasteiger partial charge on any atom is -0.384 e. The minimum atomic E-state index is 0.0633. The lowest BCUT2D eigenvalue weighted by Gasteiger charge is -2.07. The number of benzene rings is 1. The third-order valence-corrected chi connectivity index (χ3v) is 4.95. The zero-order valence-electron chi connectivity index (χ0n) is 14.1. The van der Waals surface area contributed by atoms with Crippen molar-refractivity contribution in [2.24, 2.45) is 0 Å². The number of nitrogens with one attached hydrogen (secondary N) is 1. The van der Waals surface area contributed by atoms with Crippen molar-refractivity contribution in [2.45, 2.75) is 18.9 Å². The summed E-state index contributed by atoms with van der Waals surface area (Å²) in [5.41, 5.74) is 10.5. The van der Waals surface area contributed by atoms with Crippen LogP contribution < -0.4 is 11.3 Å². The van der Waals surface area contributed by atoms with Gasteiger partial charge < -0.3 is 15.3 Å². The zero-order valence-corrected chi connectivity index (χ0v) is 14.1. The summed E-state index contributed by atoms with van der Waals surface area (Å²) in [5.74, 6) is 0.454. The van der Waals surface area contributed by atoms with Crippen molar-refractivity contribution in [1.82, 2.24) is 14.5 Å². The maximum atomic E-state index is 13.2. The molecular formula is C21H18N4O. The number of hydrogen-bond acceptors (Lipinski definition) is 3. The van der Waals surface area contributed by atoms with E-state index in [4.69, 9.17) is 5.73 Å². The molecule has 0 saturated heterocycles. The fourth-order valence-corrected chi connectivity index (χ4v) is 3.57. The lowest BCUT2D eigenvalue weighted by Crippen LogP contribution is -2.18. The summed E-state index contributed by atoms with van der Waals surface area (Å²) < 4.78 is 1.87. The summed E-state index contributed by atoms with van der Waals surface area (Å²) in [6.07, 6.45) is 5.74. The molecule has 1 aromatic carbocycles. The van der Waals surface area contributed by atoms with Gasteiger partial charge in [-0.25, -0.2) is 4.98 Å². The number of nitrogen functional groups attached to an aromatic ring is 1. The van der Waals surface area contributed by atoms with Gasteiger partial charge in [-0.2, -0.15) is 0 Å². The number of fused-ring (bicyclic) bond motifs is 1. The van der Waals surface area contributed by atoms with E-state index < -0.39 is 0 Å². The molecule has 0 amide bonds. The fraction of sp³-hybridized carbons (Fsp3) is 0.143. The molecule has 3 aromatic heterocycles. The van der Waals surface area contributed by atoms with Crippen molar-refractivity contribution < 1.29 is 0 Å². The largest absolute Gasteiger partial charge is 0.384 e. The van der Waals surface area contributed by atoms with Gasteiger partial charge in [0.25, 0.3) is 5.56 Å². The van der Waals surface area contributed by atoms with Gasteiger partial charge >= 0.3 is 0 Å². The van der Waals surface area contributed by atoms with Gasteiger partial charge in [-0.3, -0.25) is 4.79 Å². The molecule has 4 aromatic rings. The third kappa shape index (κ3) is 2.32. The average molecular weight is 342 g/mol. The van der Waals surface area contributed by atoms with Crippen LogP contribution in [0.5, 0.6) is 0 Å². The number of aromatic nitrogens is 3. The van der Waals surface area contributed by atoms with Gasteiger partial charge in [0.2, 0.25) is 0 Å². The molecule has 0 radical (unpaired) electrons. The Morgan fingerprint density at radius 3 is 2.62 bits per heavy atom. The molecule has 26 heavy (non-hydrogen) atoms. The molecule has 1 fully saturated rings. The standard InChI is InChI=1S/C21H18N4O/c22-17-12-14(8-10-23-17)20-18(13-4-2-1-3-5-13)19-16(24-20)9-11-25(21(19)26)15-6-7-15/h1-5,8-12,15,24H,6-7H2,(H2,22,23). The van der Waals surface area contributed by atoms with E-state index in [9.17, 15) is 4.79 Å². The lowest BCUT2D eigenvalue weighted by atomic mass is 9.99. The number of nitrogens with two attached hydrogens (primary N) is 1. The summed E-state index contributed by atoms with van der Waals surface area (Å²) in [6.45, 7) is 0. The van der Waals surface area contributed by atoms with E-state index in [-0.39, 0.29) is 5.56 Å². The molecule has 0 unspecified atom stereocenters. The Hall–Kier alpha value is -3.34. The smallest absolute Gasteiger partial charge is 0.260 e. The highest BCUT2D eigenvalue weighted by atomic mass is 16.1. The van der Waals surface area contributed by atoms with Crippen LogP contribution in [0.2, 0.25) is 0 Å². The van der Waals surface area contributed by atoms with Gasteiger partial charge in [0.1, 0.15) is 5.82 Å². The zero-order chi connectivity index (χ0) is 17.7. The van der Waals surface area contributed by atoms with Crippen LogP contribution >= 0.6 is 0 Å². The first-order chi connectivity index (χ1) is 12.7. The second-order valence-corrected chi connectivity index (χ2v) is 6.76. The molecule has 5 heteroatoms. The Bertz CT molecular complexity index is 1170. The number of H-pyrrole nitrogens is 1. The molecule has 3 heterocycles. The normalized spacial score (nSPS) is 14.0. The predicted octanol–water partition coefficient (Wildman–Crippen LogP) is 3.98. The maximum absolute atomic E-state index is 13.2. The van der Waals surface area contributed by atoms with Crippen LogP contribution in [-0.2, 0) is 0 Å². The quantitative estimate of drug-likeness (QED) is 0.591. The van der Waals surface area contributed by atoms with Crippen LogP contribution in [0.4, 0.5) is 5.82 Å². The number of anilines is 1. The van der Waals surface area contributed by atoms with E-state index in [0.717, 1.165) is 46.1 Å². The maximum Gasteiger partial charge on any atom is 0.260 e. The topological polar surface area (TPSA) is 76.7 Å². The Kier molecular flexibility index (Phi) is 3.22. The second-order valence-electron chi connectivity index (χ2n) is 6.76. The van der Waals surface area contributed by atoms with Crippen LogP contribution in [0, 0.1) is 0 Å². The number of rotatable bonds is 3. The predicted molar refractivity (Wildman–Crippen MR) is 104 cm³/mol. The van der Waals surface area contributed by atoms with Gasteiger partial charge in [0.15, 0.2) is 0 Å². The van der Waals surface area contributed by atoms with Crippen LogP contribution in [0.1, 0.15) is 18.9 Å². The Morgan fingerprint density at radius 1 is 1.08 bits per heavy atom. The third-order valence-electron chi connectivity index (χ3n) is 4.95. The monoisotopic (exact) mass is 342 g/mol. The molecular weight excluding hydrogens is 324 g/mol. The summed E-state index contributed by atoms with van der Waals surface area (Å²) >= 11 is 0. The fourth-order valence-electron chi connectivity index (χ4n) is 3.57. The van der Waals surface area contributed by atoms with Crippen LogP contribution in [0.15, 0.2) is 65.7 Å². The van der Waals surface area contributed by atoms with E-state index in [2.05, 4.69) is 9.97 Å². The molecule has 0 aliphatic heterocycles. The van der Waals surface area contributed by atoms with E-state index in [1.54, 1.807) is 6.20 Å². The van der Waals surface area contributed by atoms with E-state index in [0.29, 0.717) is 11.9 Å². The summed E-state index contributed by atoms with van der Waals surface area (Å²) in [5, 5.41) is 0.732. The SMILES string of the molecule is Nc1cc(-c2[nH]c3ccn(C4CC4)c(=O)c3c2-c2ccccc2)ccn1. The number of hydrogen-bond donors (Lipinski definition) is 2. The first-order valence-electron chi connectivity index (χ1n) is 8.76. The van der Waals surface area contributed by atoms with Crippen molar-refractivity contribution in [2.75, 3.05) is 5.73 Å². The van der Waals surface area contributed by atoms with E-state index in [1.165, 1.54) is 0 Å². The van der Waals surface area contributed by atoms with Crippen LogP contribution in [0.3, 0.4) is 0 Å². The highest BCUT2D eigenvalue weighted by Crippen LogP contribution is 2.38. The molecule has 1 aliphatic rings. The molecule has 5 nitrogen and oxygen atoms in total. The van der Waals surface area contributed by atoms with E-state index >= 15 is 0 Å². The highest BCUT2D eigenvalue weighted by molar-refractivity contribution is 6.03. The average Bonchev–Trinajstić information content (AvgIpc) is 3.42. The van der Waals surface area contributed by atoms with Crippen molar-refractivity contribution in [3.63, 3.8) is 0 Å². The molecule has 1 saturated carbocycles. The molecule has 0 atom stereocenters. The molecule has 0 spiro atoms. The van der Waals surface area contributed by atoms with Crippen molar-refractivity contribution in [3.8, 4) is 22.4 Å². The van der Waals surface area contributed by atoms with Crippen LogP contribution in [0.25, 0.3) is 33.3 Å². The number of pyridine rings is 2. The van der Waals surface area contributed by atoms with E-state index in [1.807, 2.05) is 59.3 Å². The van der Waals surface area contributed by atoms with Crippen molar-refractivity contribution >= 4 is 16.7 Å². The molecule has 0 bridgehead atoms. The number of aromatic amines is 1. The lowest BCUT2D eigenvalue weighted by molar-refractivity contribution is 0.714. The summed E-state index contributed by atoms with van der Waals surface area (Å²) in [7, 11) is 0. The summed E-state index contributed by atoms with van der Waals surface area (Å²) in [6, 6.07) is 16.1. The first kappa shape index (κ1) is 15.0. The van der Waals surface area contributed by atoms with Gasteiger partial charge in [-0.1, -0.05) is 30.3 Å². The molecule has 128 valence electrons. The molecule has 5 rings (SSSR count). The first-order valence-corrected chi connectivity index (χ1v) is 8.76. The second kappa shape index (κ2) is 5.59. The highest BCUT2D eigenvalue weighted by Gasteiger charge is 2.26. The van der Waals surface area contributed by atoms with Gasteiger partial charge in [0, 0.05) is 29.6 Å². The minimum absolute atomic E-state index is 0.0633. The molecule has 3 N–H and O–H groups in total. The van der Waals surface area contributed by atoms with Crippen molar-refractivity contribution in [1.29, 1.82) is 0 Å². The summed E-state index contributed by atoms with van der Waals surface area (Å²) in [4.78, 5) is 20.7. The Morgan fingerprint density at radius 2 is 1.88 bits per heavy atom. The van der Waals surface area contributed by atoms with Crippen LogP contribution in [-0.4, -0.2) is 14.5 Å². The Labute approximate surface area is 150 Å². The Balaban J connectivity index is 1.88.